The first-order valence-corrected chi connectivity index (χ1v) is 7.07. The molecule has 1 aromatic rings. The number of benzene rings is 1. The van der Waals surface area contributed by atoms with Gasteiger partial charge in [-0.3, -0.25) is 4.79 Å². The Kier molecular flexibility index (Phi) is 4.97. The molecule has 1 saturated heterocycles. The number of carbonyl (C=O) groups is 1. The molecule has 0 radical (unpaired) electrons. The highest BCUT2D eigenvalue weighted by Gasteiger charge is 2.44. The summed E-state index contributed by atoms with van der Waals surface area (Å²) in [6, 6.07) is 3.62. The predicted octanol–water partition coefficient (Wildman–Crippen LogP) is 3.25. The lowest BCUT2D eigenvalue weighted by Crippen LogP contribution is -2.45. The van der Waals surface area contributed by atoms with Crippen molar-refractivity contribution in [3.8, 4) is 0 Å². The third-order valence-corrected chi connectivity index (χ3v) is 4.08. The summed E-state index contributed by atoms with van der Waals surface area (Å²) in [6.45, 7) is 0.168. The summed E-state index contributed by atoms with van der Waals surface area (Å²) in [4.78, 5) is 13.5. The van der Waals surface area contributed by atoms with Crippen molar-refractivity contribution in [2.75, 3.05) is 13.1 Å². The van der Waals surface area contributed by atoms with Crippen molar-refractivity contribution in [1.29, 1.82) is 0 Å². The highest BCUT2D eigenvalue weighted by Crippen LogP contribution is 2.32. The number of rotatable bonds is 2. The van der Waals surface area contributed by atoms with Crippen LogP contribution in [0.2, 0.25) is 5.02 Å². The van der Waals surface area contributed by atoms with Gasteiger partial charge in [-0.15, -0.1) is 0 Å². The first kappa shape index (κ1) is 17.0. The van der Waals surface area contributed by atoms with Gasteiger partial charge in [0, 0.05) is 18.7 Å². The monoisotopic (exact) mass is 339 g/mol. The van der Waals surface area contributed by atoms with E-state index in [4.69, 9.17) is 11.6 Å². The number of aliphatic hydroxyl groups excluding tert-OH is 1. The molecule has 1 N–H and O–H groups in total. The molecule has 22 heavy (non-hydrogen) atoms. The molecule has 0 saturated carbocycles. The van der Waals surface area contributed by atoms with Crippen LogP contribution < -0.4 is 0 Å². The third kappa shape index (κ3) is 3.70. The van der Waals surface area contributed by atoms with Gasteiger partial charge in [0.1, 0.15) is 5.82 Å². The normalized spacial score (nSPS) is 18.4. The van der Waals surface area contributed by atoms with Crippen molar-refractivity contribution in [2.24, 2.45) is 5.92 Å². The second-order valence-corrected chi connectivity index (χ2v) is 5.65. The Morgan fingerprint density at radius 1 is 1.32 bits per heavy atom. The van der Waals surface area contributed by atoms with Gasteiger partial charge in [0.25, 0.3) is 5.91 Å². The van der Waals surface area contributed by atoms with Crippen molar-refractivity contribution in [2.45, 2.75) is 25.1 Å². The number of amides is 1. The Morgan fingerprint density at radius 3 is 2.41 bits per heavy atom. The molecule has 0 aromatic heterocycles. The molecule has 8 heteroatoms. The molecule has 1 aliphatic rings. The summed E-state index contributed by atoms with van der Waals surface area (Å²) >= 11 is 5.53. The van der Waals surface area contributed by atoms with Gasteiger partial charge in [-0.2, -0.15) is 13.2 Å². The molecule has 1 atom stereocenters. The zero-order chi connectivity index (χ0) is 16.5. The Bertz CT molecular complexity index is 556. The molecule has 1 aliphatic heterocycles. The number of aliphatic hydroxyl groups is 1. The molecule has 2 rings (SSSR count). The van der Waals surface area contributed by atoms with Gasteiger partial charge >= 0.3 is 6.18 Å². The van der Waals surface area contributed by atoms with E-state index in [1.165, 1.54) is 17.0 Å². The molecular formula is C14H14ClF4NO2. The van der Waals surface area contributed by atoms with Crippen LogP contribution in [-0.2, 0) is 0 Å². The van der Waals surface area contributed by atoms with Crippen molar-refractivity contribution < 1.29 is 27.5 Å². The van der Waals surface area contributed by atoms with E-state index in [2.05, 4.69) is 0 Å². The third-order valence-electron chi connectivity index (χ3n) is 3.78. The number of alkyl halides is 3. The molecule has 1 amide bonds. The van der Waals surface area contributed by atoms with Gasteiger partial charge in [-0.05, 0) is 37.0 Å². The SMILES string of the molecule is O=C(c1ccc(Cl)c(F)c1)N1CCC(C(O)C(F)(F)F)CC1. The van der Waals surface area contributed by atoms with Crippen LogP contribution in [-0.4, -0.2) is 41.3 Å². The zero-order valence-electron chi connectivity index (χ0n) is 11.4. The van der Waals surface area contributed by atoms with E-state index in [0.717, 1.165) is 6.07 Å². The molecule has 1 aromatic carbocycles. The minimum Gasteiger partial charge on any atom is -0.383 e. The van der Waals surface area contributed by atoms with Gasteiger partial charge in [0.05, 0.1) is 5.02 Å². The lowest BCUT2D eigenvalue weighted by Gasteiger charge is -2.34. The zero-order valence-corrected chi connectivity index (χ0v) is 12.2. The largest absolute Gasteiger partial charge is 0.414 e. The van der Waals surface area contributed by atoms with Crippen molar-refractivity contribution in [3.63, 3.8) is 0 Å². The molecule has 1 heterocycles. The number of likely N-dealkylation sites (tertiary alicyclic amines) is 1. The second kappa shape index (κ2) is 6.42. The fourth-order valence-electron chi connectivity index (χ4n) is 2.50. The molecule has 122 valence electrons. The highest BCUT2D eigenvalue weighted by molar-refractivity contribution is 6.30. The average Bonchev–Trinajstić information content (AvgIpc) is 2.48. The minimum absolute atomic E-state index is 0.0441. The lowest BCUT2D eigenvalue weighted by atomic mass is 9.90. The number of carbonyl (C=O) groups excluding carboxylic acids is 1. The predicted molar refractivity (Wildman–Crippen MR) is 72.1 cm³/mol. The summed E-state index contributed by atoms with van der Waals surface area (Å²) in [5.41, 5.74) is 0.0942. The summed E-state index contributed by atoms with van der Waals surface area (Å²) in [5, 5.41) is 9.12. The molecule has 3 nitrogen and oxygen atoms in total. The maximum absolute atomic E-state index is 13.3. The Labute approximate surface area is 129 Å². The van der Waals surface area contributed by atoms with Gasteiger partial charge in [-0.1, -0.05) is 11.6 Å². The Balaban J connectivity index is 1.99. The van der Waals surface area contributed by atoms with Gasteiger partial charge < -0.3 is 10.0 Å². The quantitative estimate of drug-likeness (QED) is 0.840. The van der Waals surface area contributed by atoms with E-state index in [-0.39, 0.29) is 36.5 Å². The number of nitrogens with zero attached hydrogens (tertiary/aromatic N) is 1. The van der Waals surface area contributed by atoms with Crippen molar-refractivity contribution in [3.05, 3.63) is 34.6 Å². The number of hydrogen-bond donors (Lipinski definition) is 1. The van der Waals surface area contributed by atoms with E-state index < -0.39 is 29.9 Å². The van der Waals surface area contributed by atoms with Gasteiger partial charge in [-0.25, -0.2) is 4.39 Å². The van der Waals surface area contributed by atoms with E-state index in [0.29, 0.717) is 0 Å². The second-order valence-electron chi connectivity index (χ2n) is 5.24. The van der Waals surface area contributed by atoms with Crippen LogP contribution in [0.25, 0.3) is 0 Å². The average molecular weight is 340 g/mol. The molecular weight excluding hydrogens is 326 g/mol. The summed E-state index contributed by atoms with van der Waals surface area (Å²) in [6.07, 6.45) is -6.95. The van der Waals surface area contributed by atoms with Crippen molar-refractivity contribution in [1.82, 2.24) is 4.90 Å². The lowest BCUT2D eigenvalue weighted by molar-refractivity contribution is -0.222. The smallest absolute Gasteiger partial charge is 0.383 e. The standard InChI is InChI=1S/C14H14ClF4NO2/c15-10-2-1-9(7-11(10)16)13(22)20-5-3-8(4-6-20)12(21)14(17,18)19/h1-2,7-8,12,21H,3-6H2. The van der Waals surface area contributed by atoms with E-state index >= 15 is 0 Å². The van der Waals surface area contributed by atoms with Crippen LogP contribution in [0.3, 0.4) is 0 Å². The first-order valence-electron chi connectivity index (χ1n) is 6.69. The van der Waals surface area contributed by atoms with Crippen molar-refractivity contribution >= 4 is 17.5 Å². The van der Waals surface area contributed by atoms with E-state index in [1.54, 1.807) is 0 Å². The van der Waals surface area contributed by atoms with E-state index in [1.807, 2.05) is 0 Å². The van der Waals surface area contributed by atoms with E-state index in [9.17, 15) is 27.5 Å². The van der Waals surface area contributed by atoms with Gasteiger partial charge in [0.2, 0.25) is 0 Å². The first-order chi connectivity index (χ1) is 10.2. The number of hydrogen-bond acceptors (Lipinski definition) is 2. The fourth-order valence-corrected chi connectivity index (χ4v) is 2.61. The highest BCUT2D eigenvalue weighted by atomic mass is 35.5. The number of halogens is 5. The molecule has 0 bridgehead atoms. The molecule has 0 aliphatic carbocycles. The van der Waals surface area contributed by atoms with Crippen LogP contribution in [0.1, 0.15) is 23.2 Å². The van der Waals surface area contributed by atoms with Crippen LogP contribution in [0.15, 0.2) is 18.2 Å². The van der Waals surface area contributed by atoms with Crippen LogP contribution >= 0.6 is 11.6 Å². The van der Waals surface area contributed by atoms with Crippen LogP contribution in [0.4, 0.5) is 17.6 Å². The van der Waals surface area contributed by atoms with Gasteiger partial charge in [0.15, 0.2) is 6.10 Å². The molecule has 0 spiro atoms. The van der Waals surface area contributed by atoms with Crippen LogP contribution in [0.5, 0.6) is 0 Å². The maximum atomic E-state index is 13.3. The Morgan fingerprint density at radius 2 is 1.91 bits per heavy atom. The summed E-state index contributed by atoms with van der Waals surface area (Å²) < 4.78 is 50.7. The topological polar surface area (TPSA) is 40.5 Å². The number of piperidine rings is 1. The summed E-state index contributed by atoms with van der Waals surface area (Å²) in [5.74, 6) is -2.11. The Hall–Kier alpha value is -1.34. The maximum Gasteiger partial charge on any atom is 0.414 e. The molecule has 1 fully saturated rings. The summed E-state index contributed by atoms with van der Waals surface area (Å²) in [7, 11) is 0. The fraction of sp³-hybridized carbons (Fsp3) is 0.500. The van der Waals surface area contributed by atoms with Crippen LogP contribution in [0, 0.1) is 11.7 Å². The minimum atomic E-state index is -4.66. The molecule has 1 unspecified atom stereocenters.